The highest BCUT2D eigenvalue weighted by atomic mass is 16.1. The third kappa shape index (κ3) is 7.53. The van der Waals surface area contributed by atoms with Crippen LogP contribution in [0.4, 0.5) is 4.79 Å². The first kappa shape index (κ1) is 8.53. The third-order valence-electron chi connectivity index (χ3n) is 1.08. The molecule has 0 aliphatic heterocycles. The average Bonchev–Trinajstić information content (AvgIpc) is 1.80. The molecule has 0 saturated carbocycles. The van der Waals surface area contributed by atoms with Crippen LogP contribution in [-0.4, -0.2) is 20.2 Å². The van der Waals surface area contributed by atoms with E-state index < -0.39 is 5.81 Å². The van der Waals surface area contributed by atoms with Gasteiger partial charge in [-0.05, 0) is 6.42 Å². The van der Waals surface area contributed by atoms with E-state index in [-0.39, 0.29) is 0 Å². The second-order valence-corrected chi connectivity index (χ2v) is 2.00. The van der Waals surface area contributed by atoms with Gasteiger partial charge in [-0.3, -0.25) is 4.79 Å². The molecule has 3 heteroatoms. The molecule has 0 unspecified atom stereocenters. The van der Waals surface area contributed by atoms with Crippen LogP contribution < -0.4 is 5.32 Å². The Hall–Kier alpha value is -0.465. The number of hydrogen-bond acceptors (Lipinski definition) is 1. The van der Waals surface area contributed by atoms with Crippen molar-refractivity contribution in [1.29, 1.82) is 0 Å². The van der Waals surface area contributed by atoms with Crippen molar-refractivity contribution >= 4 is 13.7 Å². The molecular weight excluding hydrogens is 113 g/mol. The van der Waals surface area contributed by atoms with E-state index in [4.69, 9.17) is 7.85 Å². The van der Waals surface area contributed by atoms with Crippen LogP contribution in [0.15, 0.2) is 0 Å². The van der Waals surface area contributed by atoms with E-state index in [0.717, 1.165) is 12.8 Å². The summed E-state index contributed by atoms with van der Waals surface area (Å²) in [7, 11) is 4.82. The number of carbonyl (C=O) groups excluding carboxylic acids is 1. The molecule has 0 rings (SSSR count). The lowest BCUT2D eigenvalue weighted by atomic mass is 10.1. The summed E-state index contributed by atoms with van der Waals surface area (Å²) < 4.78 is 0. The van der Waals surface area contributed by atoms with Crippen LogP contribution in [0.2, 0.25) is 0 Å². The largest absolute Gasteiger partial charge is 0.366 e. The molecule has 0 spiro atoms. The predicted molar refractivity (Wildman–Crippen MR) is 38.7 cm³/mol. The van der Waals surface area contributed by atoms with Gasteiger partial charge in [0.15, 0.2) is 13.7 Å². The van der Waals surface area contributed by atoms with Gasteiger partial charge in [0, 0.05) is 6.54 Å². The summed E-state index contributed by atoms with van der Waals surface area (Å²) >= 11 is 0. The van der Waals surface area contributed by atoms with Crippen molar-refractivity contribution in [1.82, 2.24) is 5.32 Å². The molecule has 0 heterocycles. The summed E-state index contributed by atoms with van der Waals surface area (Å²) in [6.45, 7) is 2.83. The topological polar surface area (TPSA) is 29.1 Å². The van der Waals surface area contributed by atoms with E-state index >= 15 is 0 Å². The Morgan fingerprint density at radius 1 is 1.56 bits per heavy atom. The number of carbonyl (C=O) groups is 1. The summed E-state index contributed by atoms with van der Waals surface area (Å²) in [4.78, 5) is 10.1. The molecule has 0 aromatic carbocycles. The smallest absolute Gasteiger partial charge is 0.200 e. The molecular formula is C6H12BNO. The van der Waals surface area contributed by atoms with Crippen molar-refractivity contribution in [2.24, 2.45) is 0 Å². The molecule has 0 fully saturated rings. The number of hydrogen-bond donors (Lipinski definition) is 1. The number of rotatable bonds is 4. The molecule has 9 heavy (non-hydrogen) atoms. The highest BCUT2D eigenvalue weighted by Crippen LogP contribution is 1.90. The first-order valence-electron chi connectivity index (χ1n) is 3.30. The van der Waals surface area contributed by atoms with Gasteiger partial charge in [0.1, 0.15) is 0 Å². The molecule has 1 amide bonds. The number of nitrogens with one attached hydrogen (secondary N) is 1. The molecule has 0 saturated heterocycles. The molecule has 0 atom stereocenters. The Labute approximate surface area is 57.4 Å². The van der Waals surface area contributed by atoms with E-state index in [0.29, 0.717) is 6.54 Å². The fourth-order valence-corrected chi connectivity index (χ4v) is 0.587. The predicted octanol–water partition coefficient (Wildman–Crippen LogP) is 1.05. The van der Waals surface area contributed by atoms with E-state index in [1.807, 2.05) is 0 Å². The van der Waals surface area contributed by atoms with Crippen molar-refractivity contribution in [3.05, 3.63) is 0 Å². The minimum atomic E-state index is -0.425. The van der Waals surface area contributed by atoms with Crippen LogP contribution >= 0.6 is 0 Å². The first-order valence-corrected chi connectivity index (χ1v) is 3.30. The fourth-order valence-electron chi connectivity index (χ4n) is 0.587. The monoisotopic (exact) mass is 125 g/mol. The number of amides is 1. The maximum Gasteiger partial charge on any atom is 0.200 e. The quantitative estimate of drug-likeness (QED) is 0.441. The molecule has 0 aliphatic carbocycles. The van der Waals surface area contributed by atoms with E-state index in [1.54, 1.807) is 0 Å². The highest BCUT2D eigenvalue weighted by molar-refractivity contribution is 6.57. The van der Waals surface area contributed by atoms with Crippen molar-refractivity contribution < 1.29 is 4.79 Å². The normalized spacial score (nSPS) is 9.00. The van der Waals surface area contributed by atoms with E-state index in [1.165, 1.54) is 6.42 Å². The van der Waals surface area contributed by atoms with Gasteiger partial charge in [0.25, 0.3) is 0 Å². The van der Waals surface area contributed by atoms with Gasteiger partial charge < -0.3 is 5.32 Å². The SMILES string of the molecule is [B]C(=O)NCCCCC. The Kier molecular flexibility index (Phi) is 5.37. The Bertz CT molecular complexity index is 85.1. The molecule has 0 aliphatic rings. The molecule has 2 radical (unpaired) electrons. The van der Waals surface area contributed by atoms with Crippen LogP contribution in [0.5, 0.6) is 0 Å². The van der Waals surface area contributed by atoms with Gasteiger partial charge >= 0.3 is 0 Å². The van der Waals surface area contributed by atoms with Crippen molar-refractivity contribution in [3.63, 3.8) is 0 Å². The lowest BCUT2D eigenvalue weighted by molar-refractivity contribution is 0.259. The van der Waals surface area contributed by atoms with Gasteiger partial charge in [0.2, 0.25) is 0 Å². The zero-order valence-corrected chi connectivity index (χ0v) is 5.81. The Morgan fingerprint density at radius 3 is 2.67 bits per heavy atom. The highest BCUT2D eigenvalue weighted by Gasteiger charge is 1.87. The van der Waals surface area contributed by atoms with Gasteiger partial charge in [-0.2, -0.15) is 0 Å². The lowest BCUT2D eigenvalue weighted by Crippen LogP contribution is -2.22. The zero-order valence-electron chi connectivity index (χ0n) is 5.81. The van der Waals surface area contributed by atoms with Crippen molar-refractivity contribution in [2.75, 3.05) is 6.54 Å². The Balaban J connectivity index is 2.83. The van der Waals surface area contributed by atoms with Crippen molar-refractivity contribution in [2.45, 2.75) is 26.2 Å². The maximum absolute atomic E-state index is 10.1. The van der Waals surface area contributed by atoms with Crippen LogP contribution in [0.1, 0.15) is 26.2 Å². The van der Waals surface area contributed by atoms with Crippen LogP contribution in [-0.2, 0) is 0 Å². The summed E-state index contributed by atoms with van der Waals surface area (Å²) in [6.07, 6.45) is 3.35. The second-order valence-electron chi connectivity index (χ2n) is 2.00. The van der Waals surface area contributed by atoms with Gasteiger partial charge in [0.05, 0.1) is 0 Å². The summed E-state index contributed by atoms with van der Waals surface area (Å²) in [6, 6.07) is 0. The average molecular weight is 125 g/mol. The minimum Gasteiger partial charge on any atom is -0.366 e. The number of unbranched alkanes of at least 4 members (excludes halogenated alkanes) is 2. The minimum absolute atomic E-state index is 0.425. The zero-order chi connectivity index (χ0) is 7.11. The summed E-state index contributed by atoms with van der Waals surface area (Å²) in [5, 5.41) is 2.52. The van der Waals surface area contributed by atoms with Crippen LogP contribution in [0.3, 0.4) is 0 Å². The van der Waals surface area contributed by atoms with Crippen LogP contribution in [0.25, 0.3) is 0 Å². The summed E-state index contributed by atoms with van der Waals surface area (Å²) in [5.41, 5.74) is 0. The third-order valence-corrected chi connectivity index (χ3v) is 1.08. The van der Waals surface area contributed by atoms with E-state index in [2.05, 4.69) is 12.2 Å². The molecule has 0 aromatic heterocycles. The molecule has 50 valence electrons. The maximum atomic E-state index is 10.1. The standard InChI is InChI=1S/C6H12BNO/c1-2-3-4-5-8-6(7)9/h2-5H2,1H3,(H,8,9). The van der Waals surface area contributed by atoms with Gasteiger partial charge in [-0.15, -0.1) is 0 Å². The van der Waals surface area contributed by atoms with E-state index in [9.17, 15) is 4.79 Å². The first-order chi connectivity index (χ1) is 4.27. The fraction of sp³-hybridized carbons (Fsp3) is 0.833. The van der Waals surface area contributed by atoms with Crippen LogP contribution in [0, 0.1) is 0 Å². The van der Waals surface area contributed by atoms with Gasteiger partial charge in [-0.1, -0.05) is 19.8 Å². The van der Waals surface area contributed by atoms with Gasteiger partial charge in [-0.25, -0.2) is 0 Å². The molecule has 2 nitrogen and oxygen atoms in total. The molecule has 1 N–H and O–H groups in total. The molecule has 0 aromatic rings. The Morgan fingerprint density at radius 2 is 2.22 bits per heavy atom. The second kappa shape index (κ2) is 5.67. The lowest BCUT2D eigenvalue weighted by Gasteiger charge is -1.98. The summed E-state index contributed by atoms with van der Waals surface area (Å²) in [5.74, 6) is -0.425. The van der Waals surface area contributed by atoms with Crippen molar-refractivity contribution in [3.8, 4) is 0 Å². The molecule has 0 bridgehead atoms.